The Kier molecular flexibility index (Phi) is 7.94. The fourth-order valence-corrected chi connectivity index (χ4v) is 6.69. The average molecular weight is 694 g/mol. The summed E-state index contributed by atoms with van der Waals surface area (Å²) in [5.74, 6) is 0.0129. The highest BCUT2D eigenvalue weighted by molar-refractivity contribution is 14.1. The van der Waals surface area contributed by atoms with E-state index in [1.807, 2.05) is 67.7 Å². The van der Waals surface area contributed by atoms with Crippen molar-refractivity contribution in [1.82, 2.24) is 14.8 Å². The Bertz CT molecular complexity index is 1830. The van der Waals surface area contributed by atoms with Gasteiger partial charge in [-0.05, 0) is 43.3 Å². The van der Waals surface area contributed by atoms with E-state index in [9.17, 15) is 4.79 Å². The molecule has 4 heterocycles. The Morgan fingerprint density at radius 2 is 1.98 bits per heavy atom. The minimum Gasteiger partial charge on any atom is -0.493 e. The summed E-state index contributed by atoms with van der Waals surface area (Å²) in [7, 11) is 1.86. The monoisotopic (exact) mass is 693 g/mol. The van der Waals surface area contributed by atoms with Gasteiger partial charge in [-0.2, -0.15) is 5.10 Å². The molecule has 8 nitrogen and oxygen atoms in total. The van der Waals surface area contributed by atoms with Crippen LogP contribution < -0.4 is 15.0 Å². The summed E-state index contributed by atoms with van der Waals surface area (Å²) in [6.45, 7) is 2.27. The predicted molar refractivity (Wildman–Crippen MR) is 171 cm³/mol. The number of thiophene rings is 1. The summed E-state index contributed by atoms with van der Waals surface area (Å²) in [5.41, 5.74) is 3.39. The third-order valence-electron chi connectivity index (χ3n) is 6.51. The molecule has 1 aliphatic rings. The number of hydrogen-bond donors (Lipinski definition) is 1. The van der Waals surface area contributed by atoms with Crippen molar-refractivity contribution >= 4 is 61.4 Å². The number of aromatic nitrogens is 3. The second-order valence-corrected chi connectivity index (χ2v) is 11.6. The molecule has 6 rings (SSSR count). The van der Waals surface area contributed by atoms with Gasteiger partial charge in [-0.1, -0.05) is 40.8 Å². The molecule has 212 valence electrons. The summed E-state index contributed by atoms with van der Waals surface area (Å²) in [6.07, 6.45) is 9.01. The third kappa shape index (κ3) is 5.61. The smallest absolute Gasteiger partial charge is 0.258 e. The number of alkyl halides is 1. The number of aryl methyl sites for hydroxylation is 1. The van der Waals surface area contributed by atoms with Gasteiger partial charge in [0, 0.05) is 59.6 Å². The van der Waals surface area contributed by atoms with Gasteiger partial charge in [-0.3, -0.25) is 14.5 Å². The van der Waals surface area contributed by atoms with Gasteiger partial charge < -0.3 is 19.7 Å². The van der Waals surface area contributed by atoms with Crippen LogP contribution in [0.5, 0.6) is 11.5 Å². The number of para-hydroxylation sites is 1. The molecular weight excluding hydrogens is 668 g/mol. The average Bonchev–Trinajstić information content (AvgIpc) is 3.62. The summed E-state index contributed by atoms with van der Waals surface area (Å²) in [6, 6.07) is 17.8. The van der Waals surface area contributed by atoms with E-state index in [1.54, 1.807) is 35.3 Å². The van der Waals surface area contributed by atoms with Gasteiger partial charge in [0.1, 0.15) is 15.6 Å². The van der Waals surface area contributed by atoms with Crippen molar-refractivity contribution in [2.24, 2.45) is 7.05 Å². The van der Waals surface area contributed by atoms with Crippen LogP contribution in [0.25, 0.3) is 20.7 Å². The minimum atomic E-state index is -0.610. The Morgan fingerprint density at radius 1 is 1.14 bits per heavy atom. The predicted octanol–water partition coefficient (Wildman–Crippen LogP) is 7.65. The molecule has 0 saturated heterocycles. The number of benzene rings is 2. The number of fused-ring (bicyclic) bond motifs is 1. The van der Waals surface area contributed by atoms with Crippen LogP contribution in [-0.2, 0) is 16.6 Å². The first-order valence-electron chi connectivity index (χ1n) is 13.1. The number of amides is 1. The fourth-order valence-electron chi connectivity index (χ4n) is 4.55. The number of hydrogen-bond acceptors (Lipinski definition) is 7. The summed E-state index contributed by atoms with van der Waals surface area (Å²) >= 11 is 3.71. The summed E-state index contributed by atoms with van der Waals surface area (Å²) in [4.78, 5) is 20.9. The molecule has 0 aliphatic carbocycles. The SMILES string of the molecule is CCOC1=C(C(=O)Nc2ccc(Oc3ccnc4cc(-c5cnn(C)c5)sc34)c(F)c2)C(I)N(c2ccccc2)C=C1. The molecule has 0 saturated carbocycles. The molecule has 5 aromatic rings. The maximum Gasteiger partial charge on any atom is 0.258 e. The molecule has 42 heavy (non-hydrogen) atoms. The molecule has 1 amide bonds. The molecule has 1 N–H and O–H groups in total. The molecule has 3 aromatic heterocycles. The second-order valence-electron chi connectivity index (χ2n) is 9.34. The molecule has 2 aromatic carbocycles. The zero-order valence-corrected chi connectivity index (χ0v) is 25.6. The van der Waals surface area contributed by atoms with E-state index >= 15 is 4.39 Å². The van der Waals surface area contributed by atoms with E-state index in [-0.39, 0.29) is 15.7 Å². The van der Waals surface area contributed by atoms with E-state index in [4.69, 9.17) is 9.47 Å². The number of carbonyl (C=O) groups is 1. The number of ether oxygens (including phenoxy) is 2. The molecule has 1 aliphatic heterocycles. The van der Waals surface area contributed by atoms with Crippen LogP contribution in [0.3, 0.4) is 0 Å². The van der Waals surface area contributed by atoms with Crippen molar-refractivity contribution in [2.45, 2.75) is 11.0 Å². The zero-order chi connectivity index (χ0) is 29.2. The van der Waals surface area contributed by atoms with Crippen molar-refractivity contribution in [1.29, 1.82) is 0 Å². The van der Waals surface area contributed by atoms with Gasteiger partial charge in [0.25, 0.3) is 5.91 Å². The number of rotatable bonds is 8. The Labute approximate surface area is 259 Å². The van der Waals surface area contributed by atoms with Crippen molar-refractivity contribution in [3.05, 3.63) is 109 Å². The minimum absolute atomic E-state index is 0.0358. The van der Waals surface area contributed by atoms with Crippen molar-refractivity contribution in [3.8, 4) is 21.9 Å². The van der Waals surface area contributed by atoms with Gasteiger partial charge in [0.2, 0.25) is 0 Å². The summed E-state index contributed by atoms with van der Waals surface area (Å²) in [5, 5.41) is 7.07. The number of pyridine rings is 1. The molecular formula is C31H25FIN5O3S. The van der Waals surface area contributed by atoms with Gasteiger partial charge >= 0.3 is 0 Å². The maximum absolute atomic E-state index is 15.3. The number of nitrogens with one attached hydrogen (secondary N) is 1. The lowest BCUT2D eigenvalue weighted by Crippen LogP contribution is -2.36. The molecule has 0 spiro atoms. The molecule has 0 bridgehead atoms. The first kappa shape index (κ1) is 27.9. The first-order valence-corrected chi connectivity index (χ1v) is 15.2. The lowest BCUT2D eigenvalue weighted by atomic mass is 10.1. The van der Waals surface area contributed by atoms with Gasteiger partial charge in [0.15, 0.2) is 11.6 Å². The van der Waals surface area contributed by atoms with Crippen LogP contribution in [0.2, 0.25) is 0 Å². The number of anilines is 2. The van der Waals surface area contributed by atoms with Crippen LogP contribution in [0.4, 0.5) is 15.8 Å². The first-order chi connectivity index (χ1) is 20.4. The highest BCUT2D eigenvalue weighted by Gasteiger charge is 2.31. The lowest BCUT2D eigenvalue weighted by Gasteiger charge is -2.32. The second kappa shape index (κ2) is 11.9. The molecule has 0 radical (unpaired) electrons. The maximum atomic E-state index is 15.3. The normalized spacial score (nSPS) is 14.9. The zero-order valence-electron chi connectivity index (χ0n) is 22.6. The summed E-state index contributed by atoms with van der Waals surface area (Å²) < 4.78 is 29.3. The Balaban J connectivity index is 1.22. The number of allylic oxidation sites excluding steroid dienone is 1. The lowest BCUT2D eigenvalue weighted by molar-refractivity contribution is -0.113. The largest absolute Gasteiger partial charge is 0.493 e. The van der Waals surface area contributed by atoms with Crippen LogP contribution in [0, 0.1) is 5.82 Å². The fraction of sp³-hybridized carbons (Fsp3) is 0.129. The van der Waals surface area contributed by atoms with Crippen LogP contribution >= 0.6 is 33.9 Å². The molecule has 1 atom stereocenters. The van der Waals surface area contributed by atoms with Gasteiger partial charge in [0.05, 0.1) is 28.6 Å². The van der Waals surface area contributed by atoms with E-state index in [0.717, 1.165) is 26.3 Å². The van der Waals surface area contributed by atoms with Crippen LogP contribution in [-0.4, -0.2) is 31.3 Å². The molecule has 0 fully saturated rings. The van der Waals surface area contributed by atoms with Crippen molar-refractivity contribution in [3.63, 3.8) is 0 Å². The molecule has 11 heteroatoms. The highest BCUT2D eigenvalue weighted by atomic mass is 127. The number of halogens is 2. The van der Waals surface area contributed by atoms with E-state index < -0.39 is 5.82 Å². The number of nitrogens with zero attached hydrogens (tertiary/aromatic N) is 4. The van der Waals surface area contributed by atoms with Crippen LogP contribution in [0.15, 0.2) is 103 Å². The third-order valence-corrected chi connectivity index (χ3v) is 8.92. The van der Waals surface area contributed by atoms with Gasteiger partial charge in [-0.25, -0.2) is 4.39 Å². The van der Waals surface area contributed by atoms with E-state index in [2.05, 4.69) is 38.0 Å². The van der Waals surface area contributed by atoms with E-state index in [0.29, 0.717) is 29.4 Å². The molecule has 1 unspecified atom stereocenters. The standard InChI is InChI=1S/C31H25FIN5O3S/c1-3-40-25-12-14-38(21-7-5-4-6-8-21)30(33)28(25)31(39)36-20-9-10-24(22(32)15-20)41-26-11-13-34-23-16-27(42-29(23)26)19-17-35-37(2)18-19/h4-18,30H,3H2,1-2H3,(H,36,39). The Hall–Kier alpha value is -4.23. The van der Waals surface area contributed by atoms with Crippen molar-refractivity contribution < 1.29 is 18.7 Å². The quantitative estimate of drug-likeness (QED) is 0.102. The number of carbonyl (C=O) groups excluding carboxylic acids is 1. The van der Waals surface area contributed by atoms with Crippen LogP contribution in [0.1, 0.15) is 6.92 Å². The van der Waals surface area contributed by atoms with Crippen molar-refractivity contribution in [2.75, 3.05) is 16.8 Å². The topological polar surface area (TPSA) is 81.5 Å². The van der Waals surface area contributed by atoms with Gasteiger partial charge in [-0.15, -0.1) is 11.3 Å². The van der Waals surface area contributed by atoms with E-state index in [1.165, 1.54) is 23.5 Å². The Morgan fingerprint density at radius 3 is 2.71 bits per heavy atom. The highest BCUT2D eigenvalue weighted by Crippen LogP contribution is 2.40.